The number of benzene rings is 3. The molecule has 148 valence electrons. The first-order valence-electron chi connectivity index (χ1n) is 8.99. The van der Waals surface area contributed by atoms with Crippen molar-refractivity contribution in [2.24, 2.45) is 5.10 Å². The molecule has 0 fully saturated rings. The first-order valence-corrected chi connectivity index (χ1v) is 8.99. The molecule has 0 spiro atoms. The highest BCUT2D eigenvalue weighted by atomic mass is 19.1. The monoisotopic (exact) mass is 402 g/mol. The van der Waals surface area contributed by atoms with Gasteiger partial charge < -0.3 is 9.15 Å². The van der Waals surface area contributed by atoms with Crippen LogP contribution in [0.2, 0.25) is 0 Å². The van der Waals surface area contributed by atoms with E-state index in [2.05, 4.69) is 10.5 Å². The number of rotatable bonds is 5. The predicted molar refractivity (Wildman–Crippen MR) is 109 cm³/mol. The minimum absolute atomic E-state index is 0.142. The van der Waals surface area contributed by atoms with Crippen molar-refractivity contribution in [3.8, 4) is 5.75 Å². The number of nitrogens with one attached hydrogen (secondary N) is 1. The summed E-state index contributed by atoms with van der Waals surface area (Å²) in [7, 11) is 0. The number of hydrazone groups is 1. The zero-order chi connectivity index (χ0) is 20.9. The Kier molecular flexibility index (Phi) is 5.34. The van der Waals surface area contributed by atoms with Gasteiger partial charge in [0.1, 0.15) is 17.1 Å². The lowest BCUT2D eigenvalue weighted by Gasteiger charge is -2.05. The molecular weight excluding hydrogens is 387 g/mol. The van der Waals surface area contributed by atoms with Gasteiger partial charge in [0.25, 0.3) is 0 Å². The van der Waals surface area contributed by atoms with E-state index in [0.717, 1.165) is 5.39 Å². The average Bonchev–Trinajstić information content (AvgIpc) is 3.20. The fourth-order valence-electron chi connectivity index (χ4n) is 2.73. The number of fused-ring (bicyclic) bond motifs is 1. The van der Waals surface area contributed by atoms with Gasteiger partial charge in [-0.2, -0.15) is 5.10 Å². The van der Waals surface area contributed by atoms with Crippen molar-refractivity contribution in [2.75, 3.05) is 0 Å². The molecule has 1 heterocycles. The maximum absolute atomic E-state index is 13.6. The quantitative estimate of drug-likeness (QED) is 0.230. The zero-order valence-corrected chi connectivity index (χ0v) is 15.5. The lowest BCUT2D eigenvalue weighted by atomic mass is 10.2. The molecule has 0 bridgehead atoms. The standard InChI is InChI=1S/C23H15FN2O4/c24-19-7-3-2-6-18(19)23(28)29-17-11-9-15(10-12-17)14-25-26-22(27)21-13-16-5-1-4-8-20(16)30-21/h1-14H,(H,26,27). The number of furan rings is 1. The third kappa shape index (κ3) is 4.25. The fraction of sp³-hybridized carbons (Fsp3) is 0. The summed E-state index contributed by atoms with van der Waals surface area (Å²) in [5.74, 6) is -1.49. The number of halogens is 1. The van der Waals surface area contributed by atoms with Gasteiger partial charge in [0, 0.05) is 5.39 Å². The molecule has 0 aliphatic rings. The lowest BCUT2D eigenvalue weighted by Crippen LogP contribution is -2.16. The molecule has 0 aliphatic heterocycles. The van der Waals surface area contributed by atoms with Crippen LogP contribution in [0.15, 0.2) is 88.4 Å². The van der Waals surface area contributed by atoms with Crippen LogP contribution in [0, 0.1) is 5.82 Å². The molecule has 1 amide bonds. The Balaban J connectivity index is 1.36. The summed E-state index contributed by atoms with van der Waals surface area (Å²) in [4.78, 5) is 24.2. The molecule has 0 aliphatic carbocycles. The highest BCUT2D eigenvalue weighted by Crippen LogP contribution is 2.18. The summed E-state index contributed by atoms with van der Waals surface area (Å²) in [5, 5.41) is 4.72. The van der Waals surface area contributed by atoms with Crippen molar-refractivity contribution in [1.29, 1.82) is 0 Å². The molecule has 1 N–H and O–H groups in total. The smallest absolute Gasteiger partial charge is 0.346 e. The van der Waals surface area contributed by atoms with Crippen molar-refractivity contribution in [1.82, 2.24) is 5.43 Å². The van der Waals surface area contributed by atoms with Gasteiger partial charge in [-0.15, -0.1) is 0 Å². The van der Waals surface area contributed by atoms with Gasteiger partial charge in [-0.25, -0.2) is 14.6 Å². The van der Waals surface area contributed by atoms with Gasteiger partial charge in [-0.3, -0.25) is 4.79 Å². The Labute approximate surface area is 170 Å². The summed E-state index contributed by atoms with van der Waals surface area (Å²) in [6.07, 6.45) is 1.43. The van der Waals surface area contributed by atoms with Crippen LogP contribution in [0.5, 0.6) is 5.75 Å². The summed E-state index contributed by atoms with van der Waals surface area (Å²) in [5.41, 5.74) is 3.53. The zero-order valence-electron chi connectivity index (χ0n) is 15.5. The number of carbonyl (C=O) groups excluding carboxylic acids is 2. The maximum Gasteiger partial charge on any atom is 0.346 e. The molecule has 4 rings (SSSR count). The predicted octanol–water partition coefficient (Wildman–Crippen LogP) is 4.56. The van der Waals surface area contributed by atoms with Crippen LogP contribution in [0.1, 0.15) is 26.5 Å². The molecule has 7 heteroatoms. The molecule has 0 radical (unpaired) electrons. The van der Waals surface area contributed by atoms with E-state index < -0.39 is 17.7 Å². The molecular formula is C23H15FN2O4. The first-order chi connectivity index (χ1) is 14.6. The number of carbonyl (C=O) groups is 2. The second-order valence-electron chi connectivity index (χ2n) is 6.29. The fourth-order valence-corrected chi connectivity index (χ4v) is 2.73. The number of hydrogen-bond acceptors (Lipinski definition) is 5. The van der Waals surface area contributed by atoms with Crippen molar-refractivity contribution in [2.45, 2.75) is 0 Å². The third-order valence-electron chi connectivity index (χ3n) is 4.21. The number of hydrogen-bond donors (Lipinski definition) is 1. The van der Waals surface area contributed by atoms with Crippen molar-refractivity contribution < 1.29 is 23.1 Å². The van der Waals surface area contributed by atoms with Crippen LogP contribution >= 0.6 is 0 Å². The first kappa shape index (κ1) is 19.1. The minimum Gasteiger partial charge on any atom is -0.451 e. The molecule has 0 saturated heterocycles. The van der Waals surface area contributed by atoms with Crippen LogP contribution in [0.25, 0.3) is 11.0 Å². The number of ether oxygens (including phenoxy) is 1. The highest BCUT2D eigenvalue weighted by molar-refractivity contribution is 5.96. The van der Waals surface area contributed by atoms with E-state index in [4.69, 9.17) is 9.15 Å². The van der Waals surface area contributed by atoms with Gasteiger partial charge in [0.15, 0.2) is 5.76 Å². The normalized spacial score (nSPS) is 11.0. The Morgan fingerprint density at radius 3 is 2.47 bits per heavy atom. The largest absolute Gasteiger partial charge is 0.451 e. The van der Waals surface area contributed by atoms with E-state index in [0.29, 0.717) is 11.1 Å². The van der Waals surface area contributed by atoms with Gasteiger partial charge in [-0.1, -0.05) is 30.3 Å². The Bertz CT molecular complexity index is 1210. The summed E-state index contributed by atoms with van der Waals surface area (Å²) >= 11 is 0. The molecule has 0 saturated carbocycles. The summed E-state index contributed by atoms with van der Waals surface area (Å²) in [6.45, 7) is 0. The molecule has 3 aromatic carbocycles. The van der Waals surface area contributed by atoms with E-state index >= 15 is 0 Å². The lowest BCUT2D eigenvalue weighted by molar-refractivity contribution is 0.0729. The molecule has 30 heavy (non-hydrogen) atoms. The number of nitrogens with zero attached hydrogens (tertiary/aromatic N) is 1. The van der Waals surface area contributed by atoms with Crippen LogP contribution in [0.4, 0.5) is 4.39 Å². The second-order valence-corrected chi connectivity index (χ2v) is 6.29. The Hall–Kier alpha value is -4.26. The molecule has 0 unspecified atom stereocenters. The molecule has 6 nitrogen and oxygen atoms in total. The second kappa shape index (κ2) is 8.40. The SMILES string of the molecule is O=C(NN=Cc1ccc(OC(=O)c2ccccc2F)cc1)c1cc2ccccc2o1. The maximum atomic E-state index is 13.6. The third-order valence-corrected chi connectivity index (χ3v) is 4.21. The Morgan fingerprint density at radius 2 is 1.70 bits per heavy atom. The summed E-state index contributed by atoms with van der Waals surface area (Å²) < 4.78 is 24.3. The van der Waals surface area contributed by atoms with Crippen LogP contribution in [0.3, 0.4) is 0 Å². The number of amides is 1. The molecule has 1 aromatic heterocycles. The van der Waals surface area contributed by atoms with Gasteiger partial charge >= 0.3 is 11.9 Å². The van der Waals surface area contributed by atoms with E-state index in [-0.39, 0.29) is 17.1 Å². The molecule has 0 atom stereocenters. The van der Waals surface area contributed by atoms with E-state index in [1.807, 2.05) is 18.2 Å². The number of para-hydroxylation sites is 1. The van der Waals surface area contributed by atoms with Gasteiger partial charge in [0.05, 0.1) is 11.8 Å². The minimum atomic E-state index is -0.785. The van der Waals surface area contributed by atoms with Gasteiger partial charge in [-0.05, 0) is 54.1 Å². The van der Waals surface area contributed by atoms with Crippen molar-refractivity contribution in [3.05, 3.63) is 102 Å². The van der Waals surface area contributed by atoms with Gasteiger partial charge in [0.2, 0.25) is 0 Å². The van der Waals surface area contributed by atoms with Crippen molar-refractivity contribution in [3.63, 3.8) is 0 Å². The summed E-state index contributed by atoms with van der Waals surface area (Å²) in [6, 6.07) is 20.9. The Morgan fingerprint density at radius 1 is 0.967 bits per heavy atom. The average molecular weight is 402 g/mol. The van der Waals surface area contributed by atoms with E-state index in [1.54, 1.807) is 42.5 Å². The van der Waals surface area contributed by atoms with Crippen molar-refractivity contribution >= 4 is 29.1 Å². The van der Waals surface area contributed by atoms with E-state index in [1.165, 1.54) is 24.4 Å². The van der Waals surface area contributed by atoms with Crippen LogP contribution in [-0.4, -0.2) is 18.1 Å². The highest BCUT2D eigenvalue weighted by Gasteiger charge is 2.13. The van der Waals surface area contributed by atoms with Crippen LogP contribution < -0.4 is 10.2 Å². The van der Waals surface area contributed by atoms with Crippen LogP contribution in [-0.2, 0) is 0 Å². The molecule has 4 aromatic rings. The number of esters is 1. The topological polar surface area (TPSA) is 80.9 Å². The van der Waals surface area contributed by atoms with E-state index in [9.17, 15) is 14.0 Å².